The SMILES string of the molecule is CCCCc1ccc(SC(=O)c2ccc(OC)cc2)cc1. The van der Waals surface area contributed by atoms with Crippen LogP contribution in [0.3, 0.4) is 0 Å². The number of hydrogen-bond acceptors (Lipinski definition) is 3. The smallest absolute Gasteiger partial charge is 0.224 e. The summed E-state index contributed by atoms with van der Waals surface area (Å²) in [5.74, 6) is 0.761. The fraction of sp³-hybridized carbons (Fsp3) is 0.278. The molecule has 0 spiro atoms. The standard InChI is InChI=1S/C18H20O2S/c1-3-4-5-14-6-12-17(13-7-14)21-18(19)15-8-10-16(20-2)11-9-15/h6-13H,3-5H2,1-2H3. The van der Waals surface area contributed by atoms with Crippen LogP contribution in [0.25, 0.3) is 0 Å². The van der Waals surface area contributed by atoms with E-state index < -0.39 is 0 Å². The largest absolute Gasteiger partial charge is 0.497 e. The van der Waals surface area contributed by atoms with Gasteiger partial charge in [-0.1, -0.05) is 25.5 Å². The molecular weight excluding hydrogens is 280 g/mol. The quantitative estimate of drug-likeness (QED) is 0.704. The van der Waals surface area contributed by atoms with Gasteiger partial charge in [0, 0.05) is 10.5 Å². The molecule has 0 saturated carbocycles. The van der Waals surface area contributed by atoms with Crippen LogP contribution in [-0.2, 0) is 6.42 Å². The average molecular weight is 300 g/mol. The molecule has 3 heteroatoms. The van der Waals surface area contributed by atoms with Crippen molar-refractivity contribution in [1.82, 2.24) is 0 Å². The normalized spacial score (nSPS) is 10.4. The van der Waals surface area contributed by atoms with E-state index in [0.29, 0.717) is 5.56 Å². The summed E-state index contributed by atoms with van der Waals surface area (Å²) in [7, 11) is 1.62. The van der Waals surface area contributed by atoms with E-state index in [1.54, 1.807) is 19.2 Å². The number of aryl methyl sites for hydroxylation is 1. The molecule has 0 atom stereocenters. The fourth-order valence-corrected chi connectivity index (χ4v) is 2.74. The topological polar surface area (TPSA) is 26.3 Å². The molecular formula is C18H20O2S. The van der Waals surface area contributed by atoms with Gasteiger partial charge in [0.25, 0.3) is 0 Å². The minimum Gasteiger partial charge on any atom is -0.497 e. The highest BCUT2D eigenvalue weighted by Gasteiger charge is 2.08. The maximum atomic E-state index is 12.2. The number of hydrogen-bond donors (Lipinski definition) is 0. The molecule has 0 fully saturated rings. The Balaban J connectivity index is 1.98. The molecule has 0 radical (unpaired) electrons. The molecule has 0 aromatic heterocycles. The predicted molar refractivity (Wildman–Crippen MR) is 88.2 cm³/mol. The summed E-state index contributed by atoms with van der Waals surface area (Å²) in [5.41, 5.74) is 2.02. The van der Waals surface area contributed by atoms with Gasteiger partial charge in [-0.3, -0.25) is 4.79 Å². The van der Waals surface area contributed by atoms with E-state index in [-0.39, 0.29) is 5.12 Å². The monoisotopic (exact) mass is 300 g/mol. The predicted octanol–water partition coefficient (Wildman–Crippen LogP) is 4.97. The molecule has 0 saturated heterocycles. The number of carbonyl (C=O) groups excluding carboxylic acids is 1. The van der Waals surface area contributed by atoms with Crippen molar-refractivity contribution in [2.75, 3.05) is 7.11 Å². The first kappa shape index (κ1) is 15.6. The highest BCUT2D eigenvalue weighted by molar-refractivity contribution is 8.14. The molecule has 0 aliphatic carbocycles. The molecule has 0 bridgehead atoms. The van der Waals surface area contributed by atoms with Gasteiger partial charge in [0.15, 0.2) is 0 Å². The van der Waals surface area contributed by atoms with Gasteiger partial charge in [-0.2, -0.15) is 0 Å². The van der Waals surface area contributed by atoms with Gasteiger partial charge in [0.05, 0.1) is 7.11 Å². The Bertz CT molecular complexity index is 573. The zero-order valence-electron chi connectivity index (χ0n) is 12.5. The number of benzene rings is 2. The molecule has 0 heterocycles. The summed E-state index contributed by atoms with van der Waals surface area (Å²) in [4.78, 5) is 13.2. The van der Waals surface area contributed by atoms with Crippen LogP contribution in [0.5, 0.6) is 5.75 Å². The van der Waals surface area contributed by atoms with Crippen LogP contribution in [0.15, 0.2) is 53.4 Å². The van der Waals surface area contributed by atoms with Crippen molar-refractivity contribution < 1.29 is 9.53 Å². The van der Waals surface area contributed by atoms with E-state index >= 15 is 0 Å². The molecule has 0 amide bonds. The molecule has 0 N–H and O–H groups in total. The summed E-state index contributed by atoms with van der Waals surface area (Å²) in [5, 5.41) is 0.0546. The van der Waals surface area contributed by atoms with Crippen molar-refractivity contribution in [3.05, 3.63) is 59.7 Å². The van der Waals surface area contributed by atoms with Crippen LogP contribution in [-0.4, -0.2) is 12.2 Å². The summed E-state index contributed by atoms with van der Waals surface area (Å²) in [6.45, 7) is 2.19. The maximum absolute atomic E-state index is 12.2. The minimum absolute atomic E-state index is 0.0546. The summed E-state index contributed by atoms with van der Waals surface area (Å²) >= 11 is 1.26. The number of unbranched alkanes of at least 4 members (excludes halogenated alkanes) is 1. The first-order valence-corrected chi connectivity index (χ1v) is 7.99. The van der Waals surface area contributed by atoms with Gasteiger partial charge < -0.3 is 4.74 Å². The molecule has 21 heavy (non-hydrogen) atoms. The van der Waals surface area contributed by atoms with Gasteiger partial charge in [0.2, 0.25) is 5.12 Å². The van der Waals surface area contributed by atoms with Crippen molar-refractivity contribution in [3.8, 4) is 5.75 Å². The number of carbonyl (C=O) groups is 1. The molecule has 2 rings (SSSR count). The first-order chi connectivity index (χ1) is 10.2. The number of methoxy groups -OCH3 is 1. The van der Waals surface area contributed by atoms with Gasteiger partial charge in [-0.15, -0.1) is 0 Å². The Kier molecular flexibility index (Phi) is 5.88. The van der Waals surface area contributed by atoms with Crippen LogP contribution in [0.2, 0.25) is 0 Å². The number of ether oxygens (including phenoxy) is 1. The Morgan fingerprint density at radius 2 is 1.71 bits per heavy atom. The second-order valence-corrected chi connectivity index (χ2v) is 5.91. The van der Waals surface area contributed by atoms with E-state index in [0.717, 1.165) is 17.1 Å². The summed E-state index contributed by atoms with van der Waals surface area (Å²) in [6.07, 6.45) is 3.51. The van der Waals surface area contributed by atoms with Crippen LogP contribution >= 0.6 is 11.8 Å². The van der Waals surface area contributed by atoms with Gasteiger partial charge in [-0.05, 0) is 66.6 Å². The maximum Gasteiger partial charge on any atom is 0.224 e. The van der Waals surface area contributed by atoms with Crippen LogP contribution in [0.1, 0.15) is 35.7 Å². The highest BCUT2D eigenvalue weighted by Crippen LogP contribution is 2.24. The average Bonchev–Trinajstić information content (AvgIpc) is 2.54. The molecule has 2 aromatic rings. The van der Waals surface area contributed by atoms with Gasteiger partial charge in [-0.25, -0.2) is 0 Å². The highest BCUT2D eigenvalue weighted by atomic mass is 32.2. The second-order valence-electron chi connectivity index (χ2n) is 4.87. The van der Waals surface area contributed by atoms with E-state index in [1.165, 1.54) is 30.2 Å². The third-order valence-electron chi connectivity index (χ3n) is 3.28. The van der Waals surface area contributed by atoms with Gasteiger partial charge in [0.1, 0.15) is 5.75 Å². The van der Waals surface area contributed by atoms with E-state index in [9.17, 15) is 4.79 Å². The molecule has 2 nitrogen and oxygen atoms in total. The lowest BCUT2D eigenvalue weighted by Gasteiger charge is -2.04. The fourth-order valence-electron chi connectivity index (χ4n) is 2.00. The molecule has 110 valence electrons. The Labute approximate surface area is 130 Å². The lowest BCUT2D eigenvalue weighted by Crippen LogP contribution is -1.93. The third kappa shape index (κ3) is 4.64. The Morgan fingerprint density at radius 1 is 1.05 bits per heavy atom. The lowest BCUT2D eigenvalue weighted by atomic mass is 10.1. The third-order valence-corrected chi connectivity index (χ3v) is 4.21. The Hall–Kier alpha value is -1.74. The molecule has 0 unspecified atom stereocenters. The van der Waals surface area contributed by atoms with Gasteiger partial charge >= 0.3 is 0 Å². The van der Waals surface area contributed by atoms with Crippen molar-refractivity contribution in [2.24, 2.45) is 0 Å². The summed E-state index contributed by atoms with van der Waals surface area (Å²) in [6, 6.07) is 15.5. The number of rotatable bonds is 6. The van der Waals surface area contributed by atoms with E-state index in [1.807, 2.05) is 24.3 Å². The molecule has 2 aromatic carbocycles. The van der Waals surface area contributed by atoms with Crippen LogP contribution in [0.4, 0.5) is 0 Å². The molecule has 0 aliphatic heterocycles. The Morgan fingerprint density at radius 3 is 2.29 bits per heavy atom. The summed E-state index contributed by atoms with van der Waals surface area (Å²) < 4.78 is 5.09. The number of thioether (sulfide) groups is 1. The first-order valence-electron chi connectivity index (χ1n) is 7.18. The zero-order chi connectivity index (χ0) is 15.1. The van der Waals surface area contributed by atoms with E-state index in [2.05, 4.69) is 19.1 Å². The second kappa shape index (κ2) is 7.89. The van der Waals surface area contributed by atoms with Crippen LogP contribution in [0, 0.1) is 0 Å². The minimum atomic E-state index is 0.0546. The van der Waals surface area contributed by atoms with Crippen molar-refractivity contribution in [1.29, 1.82) is 0 Å². The lowest BCUT2D eigenvalue weighted by molar-refractivity contribution is 0.108. The van der Waals surface area contributed by atoms with Crippen LogP contribution < -0.4 is 4.74 Å². The molecule has 0 aliphatic rings. The zero-order valence-corrected chi connectivity index (χ0v) is 13.3. The van der Waals surface area contributed by atoms with E-state index in [4.69, 9.17) is 4.74 Å². The van der Waals surface area contributed by atoms with Crippen molar-refractivity contribution in [2.45, 2.75) is 31.1 Å². The van der Waals surface area contributed by atoms with Crippen molar-refractivity contribution >= 4 is 16.9 Å². The van der Waals surface area contributed by atoms with Crippen molar-refractivity contribution in [3.63, 3.8) is 0 Å².